The molecule has 0 radical (unpaired) electrons. The van der Waals surface area contributed by atoms with Crippen molar-refractivity contribution >= 4 is 11.9 Å². The van der Waals surface area contributed by atoms with Crippen molar-refractivity contribution in [3.63, 3.8) is 0 Å². The van der Waals surface area contributed by atoms with Crippen LogP contribution in [-0.4, -0.2) is 17.0 Å². The Balaban J connectivity index is 2.83. The predicted octanol–water partition coefficient (Wildman–Crippen LogP) is 2.87. The largest absolute Gasteiger partial charge is 0.480 e. The van der Waals surface area contributed by atoms with Crippen LogP contribution in [-0.2, 0) is 20.9 Å². The molecule has 0 spiro atoms. The highest BCUT2D eigenvalue weighted by molar-refractivity contribution is 5.99. The van der Waals surface area contributed by atoms with Gasteiger partial charge in [0.15, 0.2) is 5.41 Å². The smallest absolute Gasteiger partial charge is 0.324 e. The molecule has 104 valence electrons. The van der Waals surface area contributed by atoms with E-state index in [9.17, 15) is 14.7 Å². The van der Waals surface area contributed by atoms with E-state index in [1.807, 2.05) is 30.3 Å². The molecule has 1 rings (SSSR count). The van der Waals surface area contributed by atoms with Gasteiger partial charge in [0.1, 0.15) is 6.61 Å². The monoisotopic (exact) mass is 264 g/mol. The lowest BCUT2D eigenvalue weighted by atomic mass is 9.68. The zero-order valence-corrected chi connectivity index (χ0v) is 11.8. The summed E-state index contributed by atoms with van der Waals surface area (Å²) in [4.78, 5) is 23.5. The predicted molar refractivity (Wildman–Crippen MR) is 71.4 cm³/mol. The second kappa shape index (κ2) is 5.43. The number of carboxylic acids is 1. The van der Waals surface area contributed by atoms with Gasteiger partial charge < -0.3 is 9.84 Å². The van der Waals surface area contributed by atoms with Gasteiger partial charge in [-0.1, -0.05) is 51.1 Å². The Hall–Kier alpha value is -1.84. The molecular formula is C15H20O4. The van der Waals surface area contributed by atoms with E-state index in [0.29, 0.717) is 0 Å². The van der Waals surface area contributed by atoms with Crippen LogP contribution in [0.25, 0.3) is 0 Å². The fourth-order valence-electron chi connectivity index (χ4n) is 1.58. The second-order valence-corrected chi connectivity index (χ2v) is 5.74. The van der Waals surface area contributed by atoms with Crippen LogP contribution >= 0.6 is 0 Å². The zero-order chi connectivity index (χ0) is 14.7. The van der Waals surface area contributed by atoms with Gasteiger partial charge in [0.2, 0.25) is 0 Å². The van der Waals surface area contributed by atoms with Gasteiger partial charge in [-0.05, 0) is 17.9 Å². The molecule has 0 saturated carbocycles. The molecule has 0 fully saturated rings. The van der Waals surface area contributed by atoms with E-state index in [1.54, 1.807) is 20.8 Å². The summed E-state index contributed by atoms with van der Waals surface area (Å²) in [5, 5.41) is 9.33. The number of carbonyl (C=O) groups is 2. The third-order valence-corrected chi connectivity index (χ3v) is 3.55. The first kappa shape index (κ1) is 15.2. The lowest BCUT2D eigenvalue weighted by Crippen LogP contribution is -2.47. The topological polar surface area (TPSA) is 63.6 Å². The number of rotatable bonds is 4. The summed E-state index contributed by atoms with van der Waals surface area (Å²) in [5.74, 6) is -1.88. The van der Waals surface area contributed by atoms with Crippen LogP contribution in [0.1, 0.15) is 33.3 Å². The van der Waals surface area contributed by atoms with Gasteiger partial charge in [-0.25, -0.2) is 0 Å². The summed E-state index contributed by atoms with van der Waals surface area (Å²) in [6, 6.07) is 9.18. The summed E-state index contributed by atoms with van der Waals surface area (Å²) < 4.78 is 5.16. The third-order valence-electron chi connectivity index (χ3n) is 3.55. The molecule has 0 aromatic heterocycles. The van der Waals surface area contributed by atoms with Crippen molar-refractivity contribution in [2.24, 2.45) is 10.8 Å². The highest BCUT2D eigenvalue weighted by Crippen LogP contribution is 2.40. The summed E-state index contributed by atoms with van der Waals surface area (Å²) in [6.45, 7) is 6.63. The average molecular weight is 264 g/mol. The fraction of sp³-hybridized carbons (Fsp3) is 0.467. The molecule has 0 bridgehead atoms. The Morgan fingerprint density at radius 3 is 2.05 bits per heavy atom. The van der Waals surface area contributed by atoms with Crippen molar-refractivity contribution in [3.8, 4) is 0 Å². The van der Waals surface area contributed by atoms with Crippen molar-refractivity contribution in [1.29, 1.82) is 0 Å². The van der Waals surface area contributed by atoms with Crippen molar-refractivity contribution in [1.82, 2.24) is 0 Å². The number of esters is 1. The normalized spacial score (nSPS) is 14.5. The second-order valence-electron chi connectivity index (χ2n) is 5.74. The molecule has 4 nitrogen and oxygen atoms in total. The van der Waals surface area contributed by atoms with Crippen LogP contribution in [0.4, 0.5) is 0 Å². The Kier molecular flexibility index (Phi) is 4.35. The Labute approximate surface area is 113 Å². The molecule has 0 saturated heterocycles. The van der Waals surface area contributed by atoms with E-state index < -0.39 is 22.8 Å². The molecule has 4 heteroatoms. The van der Waals surface area contributed by atoms with Crippen molar-refractivity contribution in [2.45, 2.75) is 34.3 Å². The number of ether oxygens (including phenoxy) is 1. The van der Waals surface area contributed by atoms with Crippen LogP contribution < -0.4 is 0 Å². The number of carbonyl (C=O) groups excluding carboxylic acids is 1. The highest BCUT2D eigenvalue weighted by Gasteiger charge is 2.52. The fourth-order valence-corrected chi connectivity index (χ4v) is 1.58. The molecular weight excluding hydrogens is 244 g/mol. The maximum Gasteiger partial charge on any atom is 0.324 e. The van der Waals surface area contributed by atoms with Crippen molar-refractivity contribution in [2.75, 3.05) is 0 Å². The number of hydrogen-bond acceptors (Lipinski definition) is 3. The summed E-state index contributed by atoms with van der Waals surface area (Å²) >= 11 is 0. The van der Waals surface area contributed by atoms with E-state index in [2.05, 4.69) is 0 Å². The van der Waals surface area contributed by atoms with Crippen LogP contribution in [0, 0.1) is 10.8 Å². The first-order valence-corrected chi connectivity index (χ1v) is 6.14. The van der Waals surface area contributed by atoms with Crippen LogP contribution in [0.5, 0.6) is 0 Å². The maximum atomic E-state index is 12.1. The van der Waals surface area contributed by atoms with Gasteiger partial charge in [-0.3, -0.25) is 9.59 Å². The van der Waals surface area contributed by atoms with E-state index >= 15 is 0 Å². The van der Waals surface area contributed by atoms with Gasteiger partial charge in [-0.2, -0.15) is 0 Å². The Morgan fingerprint density at radius 1 is 1.11 bits per heavy atom. The lowest BCUT2D eigenvalue weighted by Gasteiger charge is -2.35. The molecule has 0 aliphatic heterocycles. The van der Waals surface area contributed by atoms with Crippen LogP contribution in [0.3, 0.4) is 0 Å². The Bertz CT molecular complexity index is 459. The summed E-state index contributed by atoms with van der Waals surface area (Å²) in [5.41, 5.74) is -1.47. The van der Waals surface area contributed by atoms with Crippen molar-refractivity contribution in [3.05, 3.63) is 35.9 Å². The highest BCUT2D eigenvalue weighted by atomic mass is 16.5. The van der Waals surface area contributed by atoms with Gasteiger partial charge in [0.05, 0.1) is 0 Å². The molecule has 1 aromatic carbocycles. The van der Waals surface area contributed by atoms with E-state index in [4.69, 9.17) is 4.74 Å². The first-order valence-electron chi connectivity index (χ1n) is 6.14. The molecule has 0 amide bonds. The van der Waals surface area contributed by atoms with Gasteiger partial charge in [-0.15, -0.1) is 0 Å². The number of benzene rings is 1. The van der Waals surface area contributed by atoms with Crippen LogP contribution in [0.2, 0.25) is 0 Å². The molecule has 19 heavy (non-hydrogen) atoms. The number of carboxylic acid groups (broad SMARTS) is 1. The minimum Gasteiger partial charge on any atom is -0.480 e. The summed E-state index contributed by atoms with van der Waals surface area (Å²) in [7, 11) is 0. The summed E-state index contributed by atoms with van der Waals surface area (Å²) in [6.07, 6.45) is 0. The average Bonchev–Trinajstić information content (AvgIpc) is 2.34. The standard InChI is InChI=1S/C15H20O4/c1-14(2,3)15(4,12(16)17)13(18)19-10-11-8-6-5-7-9-11/h5-9H,10H2,1-4H3,(H,16,17). The molecule has 1 unspecified atom stereocenters. The maximum absolute atomic E-state index is 12.1. The minimum atomic E-state index is -1.57. The van der Waals surface area contributed by atoms with E-state index in [0.717, 1.165) is 5.56 Å². The third kappa shape index (κ3) is 3.13. The van der Waals surface area contributed by atoms with Gasteiger partial charge in [0, 0.05) is 0 Å². The SMILES string of the molecule is CC(C)(C)C(C)(C(=O)O)C(=O)OCc1ccccc1. The van der Waals surface area contributed by atoms with E-state index in [-0.39, 0.29) is 6.61 Å². The van der Waals surface area contributed by atoms with Crippen LogP contribution in [0.15, 0.2) is 30.3 Å². The number of aliphatic carboxylic acids is 1. The molecule has 1 N–H and O–H groups in total. The van der Waals surface area contributed by atoms with Gasteiger partial charge in [0.25, 0.3) is 0 Å². The van der Waals surface area contributed by atoms with Gasteiger partial charge >= 0.3 is 11.9 Å². The molecule has 1 aromatic rings. The quantitative estimate of drug-likeness (QED) is 0.671. The zero-order valence-electron chi connectivity index (χ0n) is 11.8. The van der Waals surface area contributed by atoms with E-state index in [1.165, 1.54) is 6.92 Å². The molecule has 1 atom stereocenters. The Morgan fingerprint density at radius 2 is 1.63 bits per heavy atom. The minimum absolute atomic E-state index is 0.0820. The van der Waals surface area contributed by atoms with Crippen molar-refractivity contribution < 1.29 is 19.4 Å². The molecule has 0 aliphatic carbocycles. The molecule has 0 heterocycles. The first-order chi connectivity index (χ1) is 8.69. The lowest BCUT2D eigenvalue weighted by molar-refractivity contribution is -0.176. The number of hydrogen-bond donors (Lipinski definition) is 1. The molecule has 0 aliphatic rings.